The third-order valence-electron chi connectivity index (χ3n) is 12.3. The molecule has 1 aliphatic heterocycles. The number of hydrogen-bond acceptors (Lipinski definition) is 4. The summed E-state index contributed by atoms with van der Waals surface area (Å²) in [7, 11) is 0. The largest absolute Gasteiger partial charge is 0.459 e. The Morgan fingerprint density at radius 2 is 1.64 bits per heavy atom. The summed E-state index contributed by atoms with van der Waals surface area (Å²) in [6, 6.07) is 0. The van der Waals surface area contributed by atoms with Gasteiger partial charge in [0.1, 0.15) is 11.4 Å². The van der Waals surface area contributed by atoms with Crippen LogP contribution in [0.2, 0.25) is 0 Å². The van der Waals surface area contributed by atoms with Gasteiger partial charge in [-0.15, -0.1) is 0 Å². The number of fused-ring (bicyclic) bond motifs is 5. The Labute approximate surface area is 198 Å². The lowest BCUT2D eigenvalue weighted by Crippen LogP contribution is -2.56. The van der Waals surface area contributed by atoms with Crippen molar-refractivity contribution in [2.45, 2.75) is 103 Å². The first-order valence-electron chi connectivity index (χ1n) is 14.1. The van der Waals surface area contributed by atoms with Gasteiger partial charge in [0.15, 0.2) is 0 Å². The molecule has 0 aromatic rings. The number of aliphatic imine (C=N–C) groups is 1. The maximum Gasteiger partial charge on any atom is 0.310 e. The van der Waals surface area contributed by atoms with Crippen molar-refractivity contribution in [2.75, 3.05) is 6.54 Å². The van der Waals surface area contributed by atoms with Gasteiger partial charge in [-0.3, -0.25) is 14.6 Å². The molecule has 0 saturated heterocycles. The summed E-state index contributed by atoms with van der Waals surface area (Å²) in [5, 5.41) is 0. The minimum Gasteiger partial charge on any atom is -0.459 e. The minimum atomic E-state index is -0.121. The molecule has 0 unspecified atom stereocenters. The fourth-order valence-corrected chi connectivity index (χ4v) is 11.0. The third-order valence-corrected chi connectivity index (χ3v) is 12.3. The smallest absolute Gasteiger partial charge is 0.310 e. The number of Topliss-reactive ketones (excluding diaryl/α,β-unsaturated/α-hetero) is 1. The van der Waals surface area contributed by atoms with Crippen molar-refractivity contribution in [3.8, 4) is 0 Å². The molecule has 1 heterocycles. The molecule has 6 atom stereocenters. The van der Waals surface area contributed by atoms with E-state index in [1.165, 1.54) is 31.4 Å². The summed E-state index contributed by atoms with van der Waals surface area (Å²) in [4.78, 5) is 30.9. The van der Waals surface area contributed by atoms with Crippen molar-refractivity contribution in [1.82, 2.24) is 0 Å². The van der Waals surface area contributed by atoms with Crippen molar-refractivity contribution in [3.63, 3.8) is 0 Å². The van der Waals surface area contributed by atoms with Gasteiger partial charge in [0.25, 0.3) is 0 Å². The molecule has 4 heteroatoms. The van der Waals surface area contributed by atoms with Crippen molar-refractivity contribution in [3.05, 3.63) is 0 Å². The van der Waals surface area contributed by atoms with Gasteiger partial charge in [-0.1, -0.05) is 13.8 Å². The highest BCUT2D eigenvalue weighted by Crippen LogP contribution is 2.64. The van der Waals surface area contributed by atoms with E-state index < -0.39 is 0 Å². The maximum atomic E-state index is 13.8. The Bertz CT molecular complexity index is 887. The highest BCUT2D eigenvalue weighted by Gasteiger charge is 2.62. The molecule has 0 aromatic heterocycles. The predicted molar refractivity (Wildman–Crippen MR) is 127 cm³/mol. The Kier molecular flexibility index (Phi) is 4.44. The molecule has 0 spiro atoms. The van der Waals surface area contributed by atoms with Crippen molar-refractivity contribution in [2.24, 2.45) is 57.2 Å². The topological polar surface area (TPSA) is 55.7 Å². The van der Waals surface area contributed by atoms with E-state index in [9.17, 15) is 9.59 Å². The first kappa shape index (κ1) is 21.1. The number of hydrogen-bond donors (Lipinski definition) is 0. The van der Waals surface area contributed by atoms with Crippen LogP contribution in [0.25, 0.3) is 0 Å². The average Bonchev–Trinajstić information content (AvgIpc) is 3.10. The quantitative estimate of drug-likeness (QED) is 0.501. The van der Waals surface area contributed by atoms with Gasteiger partial charge in [-0.25, -0.2) is 0 Å². The van der Waals surface area contributed by atoms with Crippen molar-refractivity contribution >= 4 is 17.5 Å². The molecule has 8 aliphatic rings. The lowest BCUT2D eigenvalue weighted by Gasteiger charge is -2.57. The fourth-order valence-electron chi connectivity index (χ4n) is 11.0. The number of rotatable bonds is 2. The number of ketones is 1. The molecule has 8 rings (SSSR count). The van der Waals surface area contributed by atoms with E-state index in [2.05, 4.69) is 13.8 Å². The molecule has 7 saturated carbocycles. The molecule has 180 valence electrons. The molecule has 7 aliphatic carbocycles. The molecular weight excluding hydrogens is 410 g/mol. The second kappa shape index (κ2) is 6.94. The van der Waals surface area contributed by atoms with E-state index in [1.807, 2.05) is 0 Å². The number of esters is 1. The number of carbonyl (C=O) groups excluding carboxylic acids is 2. The van der Waals surface area contributed by atoms with Gasteiger partial charge < -0.3 is 4.74 Å². The van der Waals surface area contributed by atoms with E-state index in [4.69, 9.17) is 9.73 Å². The number of ether oxygens (including phenoxy) is 1. The molecule has 0 amide bonds. The molecule has 33 heavy (non-hydrogen) atoms. The third kappa shape index (κ3) is 2.97. The normalized spacial score (nSPS) is 54.3. The summed E-state index contributed by atoms with van der Waals surface area (Å²) >= 11 is 0. The monoisotopic (exact) mass is 451 g/mol. The summed E-state index contributed by atoms with van der Waals surface area (Å²) < 4.78 is 6.60. The SMILES string of the molecule is C[C@]12CC[C@H]3[C@@H](CN=C4CC(=O)CC[C@@]43C)[C@@H]1CC[C@@H]2C(=O)OC12CC3CC(CC(C3)C1)C2. The summed E-state index contributed by atoms with van der Waals surface area (Å²) in [5.41, 5.74) is 1.24. The predicted octanol–water partition coefficient (Wildman–Crippen LogP) is 5.77. The van der Waals surface area contributed by atoms with E-state index in [0.717, 1.165) is 75.7 Å². The zero-order chi connectivity index (χ0) is 22.6. The summed E-state index contributed by atoms with van der Waals surface area (Å²) in [5.74, 6) is 4.80. The van der Waals surface area contributed by atoms with Gasteiger partial charge >= 0.3 is 5.97 Å². The minimum absolute atomic E-state index is 0.0639. The Balaban J connectivity index is 1.11. The molecule has 0 radical (unpaired) electrons. The second-order valence-electron chi connectivity index (χ2n) is 14.0. The zero-order valence-corrected chi connectivity index (χ0v) is 20.6. The lowest BCUT2D eigenvalue weighted by molar-refractivity contribution is -0.196. The van der Waals surface area contributed by atoms with Crippen molar-refractivity contribution in [1.29, 1.82) is 0 Å². The van der Waals surface area contributed by atoms with Crippen LogP contribution in [0.1, 0.15) is 97.3 Å². The molecule has 7 fully saturated rings. The summed E-state index contributed by atoms with van der Waals surface area (Å²) in [6.07, 6.45) is 14.3. The van der Waals surface area contributed by atoms with Gasteiger partial charge in [-0.05, 0) is 112 Å². The van der Waals surface area contributed by atoms with E-state index in [0.29, 0.717) is 30.0 Å². The first-order chi connectivity index (χ1) is 15.8. The van der Waals surface area contributed by atoms with Crippen LogP contribution in [0.3, 0.4) is 0 Å². The standard InChI is InChI=1S/C29H41NO3/c1-27-8-6-23-21(16-30-25-12-20(31)5-7-28(23,25)2)22(27)3-4-24(27)26(32)33-29-13-17-9-18(14-29)11-19(10-17)15-29/h17-19,21-24H,3-16H2,1-2H3/t17?,18?,19?,21-,22-,23-,24+,27-,28+,29?/m0/s1. The van der Waals surface area contributed by atoms with Gasteiger partial charge in [-0.2, -0.15) is 0 Å². The van der Waals surface area contributed by atoms with Crippen LogP contribution >= 0.6 is 0 Å². The van der Waals surface area contributed by atoms with Crippen LogP contribution in [-0.2, 0) is 14.3 Å². The van der Waals surface area contributed by atoms with Crippen LogP contribution in [-0.4, -0.2) is 29.6 Å². The molecule has 4 nitrogen and oxygen atoms in total. The van der Waals surface area contributed by atoms with E-state index in [-0.39, 0.29) is 28.3 Å². The molecular formula is C29H41NO3. The van der Waals surface area contributed by atoms with Crippen LogP contribution in [0.4, 0.5) is 0 Å². The second-order valence-corrected chi connectivity index (χ2v) is 14.0. The molecule has 0 aromatic carbocycles. The van der Waals surface area contributed by atoms with E-state index >= 15 is 0 Å². The maximum absolute atomic E-state index is 13.8. The Morgan fingerprint density at radius 3 is 2.33 bits per heavy atom. The average molecular weight is 452 g/mol. The van der Waals surface area contributed by atoms with Gasteiger partial charge in [0.05, 0.1) is 5.92 Å². The number of carbonyl (C=O) groups is 2. The first-order valence-corrected chi connectivity index (χ1v) is 14.1. The van der Waals surface area contributed by atoms with Crippen LogP contribution in [0, 0.1) is 52.3 Å². The fraction of sp³-hybridized carbons (Fsp3) is 0.897. The zero-order valence-electron chi connectivity index (χ0n) is 20.6. The van der Waals surface area contributed by atoms with Crippen molar-refractivity contribution < 1.29 is 14.3 Å². The highest BCUT2D eigenvalue weighted by molar-refractivity contribution is 6.07. The van der Waals surface area contributed by atoms with Crippen LogP contribution in [0.15, 0.2) is 4.99 Å². The van der Waals surface area contributed by atoms with Gasteiger partial charge in [0, 0.05) is 30.5 Å². The molecule has 4 bridgehead atoms. The van der Waals surface area contributed by atoms with E-state index in [1.54, 1.807) is 0 Å². The molecule has 0 N–H and O–H groups in total. The van der Waals surface area contributed by atoms with Crippen LogP contribution < -0.4 is 0 Å². The Hall–Kier alpha value is -1.19. The highest BCUT2D eigenvalue weighted by atomic mass is 16.6. The Morgan fingerprint density at radius 1 is 0.939 bits per heavy atom. The van der Waals surface area contributed by atoms with Crippen LogP contribution in [0.5, 0.6) is 0 Å². The lowest BCUT2D eigenvalue weighted by atomic mass is 9.49. The summed E-state index contributed by atoms with van der Waals surface area (Å²) in [6.45, 7) is 5.68. The van der Waals surface area contributed by atoms with Gasteiger partial charge in [0.2, 0.25) is 0 Å². The number of nitrogens with zero attached hydrogens (tertiary/aromatic N) is 1.